The van der Waals surface area contributed by atoms with Gasteiger partial charge in [0.15, 0.2) is 0 Å². The molecule has 3 N–H and O–H groups in total. The average Bonchev–Trinajstić information content (AvgIpc) is 2.45. The first-order valence-corrected chi connectivity index (χ1v) is 7.37. The zero-order chi connectivity index (χ0) is 14.7. The van der Waals surface area contributed by atoms with E-state index in [1.807, 2.05) is 0 Å². The molecule has 1 aromatic rings. The number of benzene rings is 1. The minimum Gasteiger partial charge on any atom is -0.399 e. The topological polar surface area (TPSA) is 75.4 Å². The summed E-state index contributed by atoms with van der Waals surface area (Å²) < 4.78 is 0.793. The molecule has 0 spiro atoms. The van der Waals surface area contributed by atoms with Crippen LogP contribution in [0.15, 0.2) is 22.7 Å². The molecule has 1 aliphatic rings. The van der Waals surface area contributed by atoms with Crippen molar-refractivity contribution in [3.8, 4) is 0 Å². The summed E-state index contributed by atoms with van der Waals surface area (Å²) in [6.07, 6.45) is 1.41. The van der Waals surface area contributed by atoms with Crippen molar-refractivity contribution in [2.24, 2.45) is 5.92 Å². The molecule has 0 radical (unpaired) electrons. The van der Waals surface area contributed by atoms with Crippen molar-refractivity contribution in [1.82, 2.24) is 10.2 Å². The molecule has 108 valence electrons. The van der Waals surface area contributed by atoms with Crippen LogP contribution in [-0.4, -0.2) is 36.9 Å². The third-order valence-corrected chi connectivity index (χ3v) is 4.02. The Morgan fingerprint density at radius 1 is 1.30 bits per heavy atom. The third-order valence-electron chi connectivity index (χ3n) is 3.57. The number of likely N-dealkylation sites (tertiary alicyclic amines) is 1. The molecule has 1 saturated heterocycles. The lowest BCUT2D eigenvalue weighted by molar-refractivity contribution is -0.125. The van der Waals surface area contributed by atoms with Crippen molar-refractivity contribution in [2.45, 2.75) is 12.8 Å². The number of carbonyl (C=O) groups excluding carboxylic acids is 2. The van der Waals surface area contributed by atoms with E-state index in [1.54, 1.807) is 30.1 Å². The number of halogens is 1. The van der Waals surface area contributed by atoms with Crippen LogP contribution >= 0.6 is 15.9 Å². The van der Waals surface area contributed by atoms with Gasteiger partial charge in [-0.25, -0.2) is 0 Å². The SMILES string of the molecule is CNC(=O)C1CCN(C(=O)c2cc(N)cc(Br)c2)CC1. The third kappa shape index (κ3) is 3.30. The highest BCUT2D eigenvalue weighted by Crippen LogP contribution is 2.22. The molecule has 0 unspecified atom stereocenters. The van der Waals surface area contributed by atoms with E-state index in [9.17, 15) is 9.59 Å². The summed E-state index contributed by atoms with van der Waals surface area (Å²) in [7, 11) is 1.64. The molecule has 0 atom stereocenters. The molecular weight excluding hydrogens is 322 g/mol. The number of amides is 2. The normalized spacial score (nSPS) is 16.0. The summed E-state index contributed by atoms with van der Waals surface area (Å²) in [5.74, 6) is 0.0359. The smallest absolute Gasteiger partial charge is 0.253 e. The van der Waals surface area contributed by atoms with Crippen molar-refractivity contribution in [1.29, 1.82) is 0 Å². The van der Waals surface area contributed by atoms with Gasteiger partial charge >= 0.3 is 0 Å². The van der Waals surface area contributed by atoms with Crippen LogP contribution in [0.3, 0.4) is 0 Å². The van der Waals surface area contributed by atoms with Crippen molar-refractivity contribution in [3.63, 3.8) is 0 Å². The number of nitrogen functional groups attached to an aromatic ring is 1. The number of rotatable bonds is 2. The number of anilines is 1. The second kappa shape index (κ2) is 6.26. The Balaban J connectivity index is 2.03. The van der Waals surface area contributed by atoms with Crippen LogP contribution in [0.5, 0.6) is 0 Å². The minimum atomic E-state index is -0.0339. The maximum Gasteiger partial charge on any atom is 0.253 e. The summed E-state index contributed by atoms with van der Waals surface area (Å²) >= 11 is 3.34. The Bertz CT molecular complexity index is 505. The maximum atomic E-state index is 12.4. The molecule has 0 aliphatic carbocycles. The lowest BCUT2D eigenvalue weighted by Gasteiger charge is -2.31. The van der Waals surface area contributed by atoms with Gasteiger partial charge in [-0.15, -0.1) is 0 Å². The van der Waals surface area contributed by atoms with Gasteiger partial charge in [-0.1, -0.05) is 15.9 Å². The average molecular weight is 340 g/mol. The van der Waals surface area contributed by atoms with Crippen LogP contribution in [0.25, 0.3) is 0 Å². The molecule has 0 aromatic heterocycles. The first-order chi connectivity index (χ1) is 9.51. The number of nitrogens with one attached hydrogen (secondary N) is 1. The molecule has 1 heterocycles. The monoisotopic (exact) mass is 339 g/mol. The lowest BCUT2D eigenvalue weighted by Crippen LogP contribution is -2.42. The zero-order valence-electron chi connectivity index (χ0n) is 11.4. The summed E-state index contributed by atoms with van der Waals surface area (Å²) in [5.41, 5.74) is 6.89. The van der Waals surface area contributed by atoms with Crippen molar-refractivity contribution in [2.75, 3.05) is 25.9 Å². The second-order valence-corrected chi connectivity index (χ2v) is 5.87. The van der Waals surface area contributed by atoms with Gasteiger partial charge in [-0.2, -0.15) is 0 Å². The Morgan fingerprint density at radius 3 is 2.50 bits per heavy atom. The summed E-state index contributed by atoms with van der Waals surface area (Å²) in [5, 5.41) is 2.66. The molecule has 2 rings (SSSR count). The van der Waals surface area contributed by atoms with Gasteiger partial charge in [0.1, 0.15) is 0 Å². The van der Waals surface area contributed by atoms with Gasteiger partial charge in [0.25, 0.3) is 5.91 Å². The van der Waals surface area contributed by atoms with Gasteiger partial charge in [0, 0.05) is 41.8 Å². The fraction of sp³-hybridized carbons (Fsp3) is 0.429. The van der Waals surface area contributed by atoms with Gasteiger partial charge in [0.2, 0.25) is 5.91 Å². The van der Waals surface area contributed by atoms with E-state index in [2.05, 4.69) is 21.2 Å². The highest BCUT2D eigenvalue weighted by Gasteiger charge is 2.27. The van der Waals surface area contributed by atoms with Gasteiger partial charge in [-0.3, -0.25) is 9.59 Å². The van der Waals surface area contributed by atoms with E-state index in [4.69, 9.17) is 5.73 Å². The van der Waals surface area contributed by atoms with Crippen molar-refractivity contribution in [3.05, 3.63) is 28.2 Å². The van der Waals surface area contributed by atoms with Crippen LogP contribution in [0.4, 0.5) is 5.69 Å². The van der Waals surface area contributed by atoms with Gasteiger partial charge in [-0.05, 0) is 31.0 Å². The molecule has 1 fully saturated rings. The molecular formula is C14H18BrN3O2. The summed E-state index contributed by atoms with van der Waals surface area (Å²) in [6.45, 7) is 1.20. The van der Waals surface area contributed by atoms with Gasteiger partial charge < -0.3 is 16.0 Å². The first-order valence-electron chi connectivity index (χ1n) is 6.58. The summed E-state index contributed by atoms with van der Waals surface area (Å²) in [6, 6.07) is 5.20. The quantitative estimate of drug-likeness (QED) is 0.804. The van der Waals surface area contributed by atoms with Crippen LogP contribution in [0.2, 0.25) is 0 Å². The standard InChI is InChI=1S/C14H18BrN3O2/c1-17-13(19)9-2-4-18(5-3-9)14(20)10-6-11(15)8-12(16)7-10/h6-9H,2-5,16H2,1H3,(H,17,19). The Labute approximate surface area is 126 Å². The predicted octanol–water partition coefficient (Wildman–Crippen LogP) is 1.63. The molecule has 5 nitrogen and oxygen atoms in total. The Hall–Kier alpha value is -1.56. The maximum absolute atomic E-state index is 12.4. The molecule has 1 aliphatic heterocycles. The molecule has 0 saturated carbocycles. The van der Waals surface area contributed by atoms with Crippen molar-refractivity contribution < 1.29 is 9.59 Å². The highest BCUT2D eigenvalue weighted by atomic mass is 79.9. The molecule has 6 heteroatoms. The van der Waals surface area contributed by atoms with E-state index in [0.29, 0.717) is 37.2 Å². The number of carbonyl (C=O) groups is 2. The second-order valence-electron chi connectivity index (χ2n) is 4.95. The largest absolute Gasteiger partial charge is 0.399 e. The van der Waals surface area contributed by atoms with E-state index in [-0.39, 0.29) is 17.7 Å². The Morgan fingerprint density at radius 2 is 1.95 bits per heavy atom. The summed E-state index contributed by atoms with van der Waals surface area (Å²) in [4.78, 5) is 25.7. The highest BCUT2D eigenvalue weighted by molar-refractivity contribution is 9.10. The van der Waals surface area contributed by atoms with E-state index >= 15 is 0 Å². The van der Waals surface area contributed by atoms with Crippen LogP contribution in [-0.2, 0) is 4.79 Å². The number of hydrogen-bond acceptors (Lipinski definition) is 3. The lowest BCUT2D eigenvalue weighted by atomic mass is 9.95. The van der Waals surface area contributed by atoms with E-state index < -0.39 is 0 Å². The van der Waals surface area contributed by atoms with Crippen molar-refractivity contribution >= 4 is 33.4 Å². The predicted molar refractivity (Wildman–Crippen MR) is 81.2 cm³/mol. The van der Waals surface area contributed by atoms with E-state index in [1.165, 1.54) is 0 Å². The fourth-order valence-corrected chi connectivity index (χ4v) is 2.98. The first kappa shape index (κ1) is 14.8. The van der Waals surface area contributed by atoms with Crippen LogP contribution in [0.1, 0.15) is 23.2 Å². The van der Waals surface area contributed by atoms with Gasteiger partial charge in [0.05, 0.1) is 0 Å². The minimum absolute atomic E-state index is 0.0108. The zero-order valence-corrected chi connectivity index (χ0v) is 12.9. The molecule has 0 bridgehead atoms. The molecule has 2 amide bonds. The number of piperidine rings is 1. The van der Waals surface area contributed by atoms with E-state index in [0.717, 1.165) is 4.47 Å². The number of hydrogen-bond donors (Lipinski definition) is 2. The molecule has 20 heavy (non-hydrogen) atoms. The number of nitrogens with zero attached hydrogens (tertiary/aromatic N) is 1. The fourth-order valence-electron chi connectivity index (χ4n) is 2.47. The van der Waals surface area contributed by atoms with Crippen LogP contribution in [0, 0.1) is 5.92 Å². The molecule has 1 aromatic carbocycles. The number of nitrogens with two attached hydrogens (primary N) is 1. The Kier molecular flexibility index (Phi) is 4.65. The van der Waals surface area contributed by atoms with Crippen LogP contribution < -0.4 is 11.1 Å².